The topological polar surface area (TPSA) is 74.9 Å². The summed E-state index contributed by atoms with van der Waals surface area (Å²) >= 11 is 0. The molecule has 5 nitrogen and oxygen atoms in total. The van der Waals surface area contributed by atoms with Gasteiger partial charge in [-0.3, -0.25) is 0 Å². The first-order chi connectivity index (χ1) is 8.72. The predicted octanol–water partition coefficient (Wildman–Crippen LogP) is 0.253. The SMILES string of the molecule is OC[C@H]1O[C@@H](n2ccc3ccccc32)C(O)[C@@H]1O. The van der Waals surface area contributed by atoms with Crippen LogP contribution in [0.4, 0.5) is 0 Å². The molecule has 0 radical (unpaired) electrons. The molecule has 1 aromatic carbocycles. The molecule has 4 atom stereocenters. The van der Waals surface area contributed by atoms with E-state index in [2.05, 4.69) is 0 Å². The van der Waals surface area contributed by atoms with E-state index in [-0.39, 0.29) is 6.61 Å². The molecule has 2 heterocycles. The summed E-state index contributed by atoms with van der Waals surface area (Å²) in [5.74, 6) is 0. The molecule has 1 aliphatic rings. The van der Waals surface area contributed by atoms with Gasteiger partial charge in [-0.25, -0.2) is 0 Å². The lowest BCUT2D eigenvalue weighted by atomic mass is 10.1. The van der Waals surface area contributed by atoms with E-state index >= 15 is 0 Å². The van der Waals surface area contributed by atoms with Crippen LogP contribution in [-0.2, 0) is 4.74 Å². The van der Waals surface area contributed by atoms with E-state index in [0.717, 1.165) is 10.9 Å². The maximum absolute atomic E-state index is 9.98. The smallest absolute Gasteiger partial charge is 0.163 e. The number of aliphatic hydroxyl groups excluding tert-OH is 3. The van der Waals surface area contributed by atoms with Crippen molar-refractivity contribution in [1.82, 2.24) is 4.57 Å². The maximum atomic E-state index is 9.98. The Morgan fingerprint density at radius 3 is 2.61 bits per heavy atom. The van der Waals surface area contributed by atoms with Gasteiger partial charge in [-0.1, -0.05) is 18.2 Å². The van der Waals surface area contributed by atoms with Gasteiger partial charge in [-0.05, 0) is 17.5 Å². The van der Waals surface area contributed by atoms with Crippen molar-refractivity contribution in [2.75, 3.05) is 6.61 Å². The average molecular weight is 249 g/mol. The fourth-order valence-electron chi connectivity index (χ4n) is 2.44. The first-order valence-corrected chi connectivity index (χ1v) is 5.90. The summed E-state index contributed by atoms with van der Waals surface area (Å²) in [4.78, 5) is 0. The van der Waals surface area contributed by atoms with Crippen LogP contribution in [0, 0.1) is 0 Å². The lowest BCUT2D eigenvalue weighted by Crippen LogP contribution is -2.33. The summed E-state index contributed by atoms with van der Waals surface area (Å²) in [6, 6.07) is 9.64. The Morgan fingerprint density at radius 1 is 1.11 bits per heavy atom. The zero-order chi connectivity index (χ0) is 12.7. The molecule has 0 bridgehead atoms. The molecule has 3 rings (SSSR count). The van der Waals surface area contributed by atoms with Gasteiger partial charge in [0.15, 0.2) is 6.23 Å². The molecule has 0 saturated carbocycles. The van der Waals surface area contributed by atoms with Gasteiger partial charge in [0.05, 0.1) is 12.1 Å². The molecule has 5 heteroatoms. The fraction of sp³-hybridized carbons (Fsp3) is 0.385. The van der Waals surface area contributed by atoms with E-state index in [1.807, 2.05) is 36.5 Å². The van der Waals surface area contributed by atoms with Crippen LogP contribution in [0.5, 0.6) is 0 Å². The first-order valence-electron chi connectivity index (χ1n) is 5.90. The highest BCUT2D eigenvalue weighted by Crippen LogP contribution is 2.32. The summed E-state index contributed by atoms with van der Waals surface area (Å²) < 4.78 is 7.28. The maximum Gasteiger partial charge on any atom is 0.163 e. The molecular formula is C13H15NO4. The predicted molar refractivity (Wildman–Crippen MR) is 64.9 cm³/mol. The van der Waals surface area contributed by atoms with Crippen molar-refractivity contribution in [3.8, 4) is 0 Å². The van der Waals surface area contributed by atoms with Gasteiger partial charge in [0, 0.05) is 6.20 Å². The van der Waals surface area contributed by atoms with E-state index in [9.17, 15) is 10.2 Å². The number of rotatable bonds is 2. The number of fused-ring (bicyclic) bond motifs is 1. The summed E-state index contributed by atoms with van der Waals surface area (Å²) in [7, 11) is 0. The van der Waals surface area contributed by atoms with Gasteiger partial charge >= 0.3 is 0 Å². The number of hydrogen-bond acceptors (Lipinski definition) is 4. The highest BCUT2D eigenvalue weighted by molar-refractivity contribution is 5.80. The minimum Gasteiger partial charge on any atom is -0.394 e. The van der Waals surface area contributed by atoms with Crippen LogP contribution < -0.4 is 0 Å². The van der Waals surface area contributed by atoms with Crippen LogP contribution >= 0.6 is 0 Å². The zero-order valence-corrected chi connectivity index (χ0v) is 9.68. The summed E-state index contributed by atoms with van der Waals surface area (Å²) in [5, 5.41) is 29.8. The number of ether oxygens (including phenoxy) is 1. The Labute approximate surface area is 104 Å². The standard InChI is InChI=1S/C13H15NO4/c15-7-10-11(16)12(17)13(18-10)14-6-5-8-3-1-2-4-9(8)14/h1-6,10-13,15-17H,7H2/t10-,11-,12?,13-/m1/s1. The highest BCUT2D eigenvalue weighted by atomic mass is 16.6. The van der Waals surface area contributed by atoms with Crippen LogP contribution in [0.15, 0.2) is 36.5 Å². The van der Waals surface area contributed by atoms with E-state index < -0.39 is 24.5 Å². The number of aromatic nitrogens is 1. The van der Waals surface area contributed by atoms with Crippen LogP contribution in [0.1, 0.15) is 6.23 Å². The highest BCUT2D eigenvalue weighted by Gasteiger charge is 2.43. The van der Waals surface area contributed by atoms with Gasteiger partial charge < -0.3 is 24.6 Å². The molecule has 1 saturated heterocycles. The number of hydrogen-bond donors (Lipinski definition) is 3. The molecule has 1 fully saturated rings. The molecule has 18 heavy (non-hydrogen) atoms. The quantitative estimate of drug-likeness (QED) is 0.713. The molecule has 0 spiro atoms. The third-order valence-electron chi connectivity index (χ3n) is 3.42. The third-order valence-corrected chi connectivity index (χ3v) is 3.42. The molecule has 0 amide bonds. The van der Waals surface area contributed by atoms with Crippen LogP contribution in [0.3, 0.4) is 0 Å². The van der Waals surface area contributed by atoms with Crippen LogP contribution in [0.25, 0.3) is 10.9 Å². The van der Waals surface area contributed by atoms with Crippen molar-refractivity contribution in [3.63, 3.8) is 0 Å². The van der Waals surface area contributed by atoms with Crippen molar-refractivity contribution >= 4 is 10.9 Å². The molecule has 1 aromatic heterocycles. The van der Waals surface area contributed by atoms with Gasteiger partial charge in [-0.2, -0.15) is 0 Å². The van der Waals surface area contributed by atoms with Crippen molar-refractivity contribution in [2.24, 2.45) is 0 Å². The molecule has 3 N–H and O–H groups in total. The molecule has 1 unspecified atom stereocenters. The summed E-state index contributed by atoms with van der Waals surface area (Å²) in [6.07, 6.45) is -1.72. The fourth-order valence-corrected chi connectivity index (χ4v) is 2.44. The number of aliphatic hydroxyl groups is 3. The molecular weight excluding hydrogens is 234 g/mol. The Bertz CT molecular complexity index is 553. The van der Waals surface area contributed by atoms with Gasteiger partial charge in [-0.15, -0.1) is 0 Å². The second-order valence-corrected chi connectivity index (χ2v) is 4.51. The molecule has 2 aromatic rings. The average Bonchev–Trinajstić information content (AvgIpc) is 2.93. The Kier molecular flexibility index (Phi) is 2.83. The molecule has 1 aliphatic heterocycles. The van der Waals surface area contributed by atoms with Crippen molar-refractivity contribution in [3.05, 3.63) is 36.5 Å². The van der Waals surface area contributed by atoms with E-state index in [4.69, 9.17) is 9.84 Å². The Morgan fingerprint density at radius 2 is 1.89 bits per heavy atom. The largest absolute Gasteiger partial charge is 0.394 e. The van der Waals surface area contributed by atoms with Crippen molar-refractivity contribution in [1.29, 1.82) is 0 Å². The van der Waals surface area contributed by atoms with Gasteiger partial charge in [0.25, 0.3) is 0 Å². The normalized spacial score (nSPS) is 32.2. The summed E-state index contributed by atoms with van der Waals surface area (Å²) in [5.41, 5.74) is 0.923. The third kappa shape index (κ3) is 1.64. The molecule has 0 aliphatic carbocycles. The zero-order valence-electron chi connectivity index (χ0n) is 9.68. The van der Waals surface area contributed by atoms with Gasteiger partial charge in [0.2, 0.25) is 0 Å². The lowest BCUT2D eigenvalue weighted by molar-refractivity contribution is -0.0506. The van der Waals surface area contributed by atoms with E-state index in [0.29, 0.717) is 0 Å². The minimum atomic E-state index is -1.07. The minimum absolute atomic E-state index is 0.312. The number of para-hydroxylation sites is 1. The first kappa shape index (κ1) is 11.7. The van der Waals surface area contributed by atoms with E-state index in [1.54, 1.807) is 4.57 Å². The van der Waals surface area contributed by atoms with Gasteiger partial charge in [0.1, 0.15) is 18.3 Å². The lowest BCUT2D eigenvalue weighted by Gasteiger charge is -2.17. The number of benzene rings is 1. The monoisotopic (exact) mass is 249 g/mol. The van der Waals surface area contributed by atoms with Crippen molar-refractivity contribution < 1.29 is 20.1 Å². The van der Waals surface area contributed by atoms with Crippen LogP contribution in [0.2, 0.25) is 0 Å². The second-order valence-electron chi connectivity index (χ2n) is 4.51. The van der Waals surface area contributed by atoms with E-state index in [1.165, 1.54) is 0 Å². The van der Waals surface area contributed by atoms with Crippen LogP contribution in [-0.4, -0.2) is 44.8 Å². The Balaban J connectivity index is 2.00. The second kappa shape index (κ2) is 4.37. The van der Waals surface area contributed by atoms with Crippen molar-refractivity contribution in [2.45, 2.75) is 24.5 Å². The Hall–Kier alpha value is -1.40. The number of nitrogens with zero attached hydrogens (tertiary/aromatic N) is 1. The summed E-state index contributed by atoms with van der Waals surface area (Å²) in [6.45, 7) is -0.312. The molecule has 96 valence electrons.